The molecule has 0 amide bonds. The second-order valence-electron chi connectivity index (χ2n) is 5.50. The predicted octanol–water partition coefficient (Wildman–Crippen LogP) is 5.78. The van der Waals surface area contributed by atoms with E-state index in [2.05, 4.69) is 0 Å². The van der Waals surface area contributed by atoms with Crippen molar-refractivity contribution in [2.75, 3.05) is 0 Å². The van der Waals surface area contributed by atoms with Crippen molar-refractivity contribution in [2.24, 2.45) is 0 Å². The summed E-state index contributed by atoms with van der Waals surface area (Å²) in [6, 6.07) is 24.2. The quantitative estimate of drug-likeness (QED) is 0.465. The third-order valence-corrected chi connectivity index (χ3v) is 4.22. The molecular weight excluding hydrogens is 320 g/mol. The van der Waals surface area contributed by atoms with Crippen LogP contribution in [0.2, 0.25) is 5.02 Å². The highest BCUT2D eigenvalue weighted by atomic mass is 35.5. The third kappa shape index (κ3) is 2.51. The molecule has 0 aliphatic heterocycles. The third-order valence-electron chi connectivity index (χ3n) is 3.97. The van der Waals surface area contributed by atoms with Gasteiger partial charge in [-0.2, -0.15) is 0 Å². The smallest absolute Gasteiger partial charge is 0.201 e. The molecule has 2 nitrogen and oxygen atoms in total. The van der Waals surface area contributed by atoms with Crippen molar-refractivity contribution in [3.8, 4) is 22.5 Å². The summed E-state index contributed by atoms with van der Waals surface area (Å²) in [7, 11) is 0. The van der Waals surface area contributed by atoms with Crippen molar-refractivity contribution in [3.05, 3.63) is 94.1 Å². The topological polar surface area (TPSA) is 30.2 Å². The highest BCUT2D eigenvalue weighted by Crippen LogP contribution is 2.32. The Morgan fingerprint density at radius 3 is 2.12 bits per heavy atom. The molecule has 0 fully saturated rings. The second kappa shape index (κ2) is 5.99. The van der Waals surface area contributed by atoms with Crippen LogP contribution in [0.3, 0.4) is 0 Å². The molecule has 116 valence electrons. The normalized spacial score (nSPS) is 10.9. The number of rotatable bonds is 2. The van der Waals surface area contributed by atoms with E-state index in [1.54, 1.807) is 18.2 Å². The predicted molar refractivity (Wildman–Crippen MR) is 98.4 cm³/mol. The fraction of sp³-hybridized carbons (Fsp3) is 0. The summed E-state index contributed by atoms with van der Waals surface area (Å²) >= 11 is 5.99. The number of hydrogen-bond acceptors (Lipinski definition) is 2. The Balaban J connectivity index is 2.11. The summed E-state index contributed by atoms with van der Waals surface area (Å²) in [6.07, 6.45) is 0. The van der Waals surface area contributed by atoms with Crippen LogP contribution < -0.4 is 5.43 Å². The van der Waals surface area contributed by atoms with Crippen molar-refractivity contribution < 1.29 is 4.42 Å². The first kappa shape index (κ1) is 14.7. The van der Waals surface area contributed by atoms with Gasteiger partial charge in [-0.15, -0.1) is 0 Å². The lowest BCUT2D eigenvalue weighted by Gasteiger charge is -2.10. The van der Waals surface area contributed by atoms with Crippen molar-refractivity contribution in [3.63, 3.8) is 0 Å². The number of hydrogen-bond donors (Lipinski definition) is 0. The maximum Gasteiger partial charge on any atom is 0.201 e. The van der Waals surface area contributed by atoms with Crippen molar-refractivity contribution >= 4 is 22.6 Å². The van der Waals surface area contributed by atoms with Crippen LogP contribution in [-0.4, -0.2) is 0 Å². The zero-order valence-electron chi connectivity index (χ0n) is 12.7. The molecular formula is C21H13ClO2. The first-order valence-corrected chi connectivity index (χ1v) is 7.99. The molecule has 4 aromatic rings. The van der Waals surface area contributed by atoms with Gasteiger partial charge in [0, 0.05) is 10.6 Å². The summed E-state index contributed by atoms with van der Waals surface area (Å²) in [5, 5.41) is 1.20. The maximum atomic E-state index is 13.1. The maximum absolute atomic E-state index is 13.1. The zero-order chi connectivity index (χ0) is 16.5. The van der Waals surface area contributed by atoms with Gasteiger partial charge in [-0.25, -0.2) is 0 Å². The first-order valence-electron chi connectivity index (χ1n) is 7.61. The van der Waals surface area contributed by atoms with E-state index < -0.39 is 0 Å². The molecule has 3 aromatic carbocycles. The molecule has 1 aromatic heterocycles. The van der Waals surface area contributed by atoms with E-state index in [1.165, 1.54) is 0 Å². The molecule has 3 heteroatoms. The average molecular weight is 333 g/mol. The van der Waals surface area contributed by atoms with Crippen LogP contribution in [0.4, 0.5) is 0 Å². The lowest BCUT2D eigenvalue weighted by molar-refractivity contribution is 0.621. The molecule has 0 saturated heterocycles. The van der Waals surface area contributed by atoms with Gasteiger partial charge in [0.2, 0.25) is 5.43 Å². The molecule has 0 bridgehead atoms. The Hall–Kier alpha value is -2.84. The van der Waals surface area contributed by atoms with E-state index >= 15 is 0 Å². The van der Waals surface area contributed by atoms with E-state index in [0.717, 1.165) is 11.1 Å². The van der Waals surface area contributed by atoms with Gasteiger partial charge in [0.05, 0.1) is 10.9 Å². The van der Waals surface area contributed by atoms with Gasteiger partial charge in [-0.05, 0) is 29.8 Å². The van der Waals surface area contributed by atoms with Gasteiger partial charge >= 0.3 is 0 Å². The Kier molecular flexibility index (Phi) is 3.68. The number of benzene rings is 3. The van der Waals surface area contributed by atoms with Crippen molar-refractivity contribution in [2.45, 2.75) is 0 Å². The minimum absolute atomic E-state index is 0.0435. The molecule has 0 spiro atoms. The van der Waals surface area contributed by atoms with Crippen molar-refractivity contribution in [1.29, 1.82) is 0 Å². The molecule has 0 atom stereocenters. The van der Waals surface area contributed by atoms with Gasteiger partial charge in [0.15, 0.2) is 0 Å². The Labute approximate surface area is 143 Å². The monoisotopic (exact) mass is 332 g/mol. The molecule has 0 N–H and O–H groups in total. The van der Waals surface area contributed by atoms with E-state index in [-0.39, 0.29) is 5.43 Å². The van der Waals surface area contributed by atoms with Gasteiger partial charge in [0.1, 0.15) is 11.3 Å². The van der Waals surface area contributed by atoms with Gasteiger partial charge in [-0.1, -0.05) is 66.2 Å². The molecule has 0 aliphatic carbocycles. The molecule has 1 heterocycles. The summed E-state index contributed by atoms with van der Waals surface area (Å²) in [5.41, 5.74) is 2.75. The van der Waals surface area contributed by atoms with Crippen LogP contribution in [0.15, 0.2) is 88.1 Å². The second-order valence-corrected chi connectivity index (χ2v) is 5.94. The van der Waals surface area contributed by atoms with E-state index in [4.69, 9.17) is 16.0 Å². The molecule has 4 rings (SSSR count). The van der Waals surface area contributed by atoms with Gasteiger partial charge in [0.25, 0.3) is 0 Å². The number of halogens is 1. The molecule has 0 radical (unpaired) electrons. The molecule has 24 heavy (non-hydrogen) atoms. The Bertz CT molecular complexity index is 1060. The standard InChI is InChI=1S/C21H13ClO2/c22-16-12-10-14(11-13-16)19-20(23)17-8-4-5-9-18(17)24-21(19)15-6-2-1-3-7-15/h1-13H. The minimum Gasteiger partial charge on any atom is -0.455 e. The SMILES string of the molecule is O=c1c(-c2ccc(Cl)cc2)c(-c2ccccc2)oc2ccccc12. The average Bonchev–Trinajstić information content (AvgIpc) is 2.63. The van der Waals surface area contributed by atoms with E-state index in [9.17, 15) is 4.79 Å². The Morgan fingerprint density at radius 1 is 0.708 bits per heavy atom. The van der Waals surface area contributed by atoms with Crippen LogP contribution in [0.25, 0.3) is 33.4 Å². The number of para-hydroxylation sites is 1. The molecule has 0 unspecified atom stereocenters. The van der Waals surface area contributed by atoms with E-state index in [0.29, 0.717) is 27.3 Å². The Morgan fingerprint density at radius 2 is 1.38 bits per heavy atom. The molecule has 0 saturated carbocycles. The fourth-order valence-corrected chi connectivity index (χ4v) is 2.94. The lowest BCUT2D eigenvalue weighted by atomic mass is 9.98. The van der Waals surface area contributed by atoms with Gasteiger partial charge in [-0.3, -0.25) is 4.79 Å². The summed E-state index contributed by atoms with van der Waals surface area (Å²) in [5.74, 6) is 0.571. The summed E-state index contributed by atoms with van der Waals surface area (Å²) in [4.78, 5) is 13.1. The van der Waals surface area contributed by atoms with Crippen LogP contribution >= 0.6 is 11.6 Å². The largest absolute Gasteiger partial charge is 0.455 e. The van der Waals surface area contributed by atoms with Crippen LogP contribution in [0, 0.1) is 0 Å². The van der Waals surface area contributed by atoms with Gasteiger partial charge < -0.3 is 4.42 Å². The first-order chi connectivity index (χ1) is 11.7. The summed E-state index contributed by atoms with van der Waals surface area (Å²) in [6.45, 7) is 0. The fourth-order valence-electron chi connectivity index (χ4n) is 2.81. The lowest BCUT2D eigenvalue weighted by Crippen LogP contribution is -2.07. The molecule has 0 aliphatic rings. The zero-order valence-corrected chi connectivity index (χ0v) is 13.5. The van der Waals surface area contributed by atoms with Crippen LogP contribution in [0.1, 0.15) is 0 Å². The van der Waals surface area contributed by atoms with Crippen molar-refractivity contribution in [1.82, 2.24) is 0 Å². The highest BCUT2D eigenvalue weighted by molar-refractivity contribution is 6.30. The number of fused-ring (bicyclic) bond motifs is 1. The minimum atomic E-state index is -0.0435. The highest BCUT2D eigenvalue weighted by Gasteiger charge is 2.17. The summed E-state index contributed by atoms with van der Waals surface area (Å²) < 4.78 is 6.11. The van der Waals surface area contributed by atoms with Crippen LogP contribution in [0.5, 0.6) is 0 Å². The van der Waals surface area contributed by atoms with E-state index in [1.807, 2.05) is 60.7 Å². The van der Waals surface area contributed by atoms with Crippen LogP contribution in [-0.2, 0) is 0 Å².